The minimum Gasteiger partial charge on any atom is -0.511 e. The summed E-state index contributed by atoms with van der Waals surface area (Å²) < 4.78 is 6.11. The van der Waals surface area contributed by atoms with Crippen molar-refractivity contribution in [1.82, 2.24) is 0 Å². The van der Waals surface area contributed by atoms with Gasteiger partial charge in [-0.25, -0.2) is 0 Å². The van der Waals surface area contributed by atoms with Gasteiger partial charge in [0, 0.05) is 4.91 Å². The minimum atomic E-state index is -0.603. The third-order valence-corrected chi connectivity index (χ3v) is 6.72. The Bertz CT molecular complexity index is 812. The Labute approximate surface area is 146 Å². The molecular formula is C20H22O3S. The van der Waals surface area contributed by atoms with Crippen molar-refractivity contribution in [1.29, 1.82) is 0 Å². The van der Waals surface area contributed by atoms with E-state index in [2.05, 4.69) is 18.2 Å². The maximum atomic E-state index is 13.3. The van der Waals surface area contributed by atoms with E-state index < -0.39 is 5.60 Å². The highest BCUT2D eigenvalue weighted by atomic mass is 32.2. The third kappa shape index (κ3) is 1.81. The van der Waals surface area contributed by atoms with Crippen LogP contribution in [0.1, 0.15) is 29.2 Å². The van der Waals surface area contributed by atoms with Gasteiger partial charge in [-0.05, 0) is 56.7 Å². The number of aryl methyl sites for hydroxylation is 3. The maximum Gasteiger partial charge on any atom is 0.174 e. The molecule has 0 unspecified atom stereocenters. The number of rotatable bonds is 2. The number of ketones is 1. The van der Waals surface area contributed by atoms with Crippen LogP contribution in [0.15, 0.2) is 28.9 Å². The molecule has 4 heteroatoms. The van der Waals surface area contributed by atoms with Gasteiger partial charge in [0.25, 0.3) is 0 Å². The summed E-state index contributed by atoms with van der Waals surface area (Å²) in [6, 6.07) is 4.14. The molecule has 1 N–H and O–H groups in total. The zero-order chi connectivity index (χ0) is 17.4. The van der Waals surface area contributed by atoms with Gasteiger partial charge in [-0.3, -0.25) is 4.79 Å². The van der Waals surface area contributed by atoms with E-state index in [0.717, 1.165) is 21.6 Å². The fourth-order valence-corrected chi connectivity index (χ4v) is 5.75. The Balaban J connectivity index is 1.87. The van der Waals surface area contributed by atoms with Crippen molar-refractivity contribution in [2.45, 2.75) is 39.4 Å². The van der Waals surface area contributed by atoms with Crippen LogP contribution in [0.4, 0.5) is 0 Å². The third-order valence-electron chi connectivity index (χ3n) is 5.74. The Hall–Kier alpha value is -1.52. The molecule has 3 aliphatic rings. The molecule has 4 atom stereocenters. The minimum absolute atomic E-state index is 0.0252. The zero-order valence-electron chi connectivity index (χ0n) is 14.6. The molecule has 2 aliphatic heterocycles. The largest absolute Gasteiger partial charge is 0.511 e. The predicted molar refractivity (Wildman–Crippen MR) is 97.1 cm³/mol. The lowest BCUT2D eigenvalue weighted by atomic mass is 9.76. The van der Waals surface area contributed by atoms with Gasteiger partial charge in [0.15, 0.2) is 5.78 Å². The smallest absolute Gasteiger partial charge is 0.174 e. The summed E-state index contributed by atoms with van der Waals surface area (Å²) >= 11 is 1.64. The van der Waals surface area contributed by atoms with Crippen LogP contribution in [0.5, 0.6) is 0 Å². The van der Waals surface area contributed by atoms with Crippen LogP contribution in [0.2, 0.25) is 0 Å². The normalized spacial score (nSPS) is 34.1. The topological polar surface area (TPSA) is 46.5 Å². The fourth-order valence-electron chi connectivity index (χ4n) is 4.90. The number of thioether (sulfide) groups is 1. The lowest BCUT2D eigenvalue weighted by molar-refractivity contribution is -0.120. The van der Waals surface area contributed by atoms with Gasteiger partial charge >= 0.3 is 0 Å². The van der Waals surface area contributed by atoms with Gasteiger partial charge in [-0.2, -0.15) is 0 Å². The summed E-state index contributed by atoms with van der Waals surface area (Å²) in [6.45, 7) is 8.06. The van der Waals surface area contributed by atoms with Crippen LogP contribution < -0.4 is 0 Å². The van der Waals surface area contributed by atoms with Crippen LogP contribution in [-0.4, -0.2) is 28.9 Å². The zero-order valence-corrected chi connectivity index (χ0v) is 15.5. The second-order valence-electron chi connectivity index (χ2n) is 7.33. The van der Waals surface area contributed by atoms with Gasteiger partial charge in [-0.15, -0.1) is 11.8 Å². The summed E-state index contributed by atoms with van der Waals surface area (Å²) in [5.41, 5.74) is 4.05. The van der Waals surface area contributed by atoms with Crippen LogP contribution in [0, 0.1) is 32.6 Å². The highest BCUT2D eigenvalue weighted by Crippen LogP contribution is 2.60. The van der Waals surface area contributed by atoms with E-state index in [1.165, 1.54) is 5.56 Å². The molecule has 0 aromatic heterocycles. The number of ether oxygens (including phenoxy) is 1. The van der Waals surface area contributed by atoms with E-state index in [1.54, 1.807) is 11.8 Å². The Kier molecular flexibility index (Phi) is 3.32. The van der Waals surface area contributed by atoms with Gasteiger partial charge in [-0.1, -0.05) is 17.7 Å². The van der Waals surface area contributed by atoms with E-state index in [-0.39, 0.29) is 29.5 Å². The SMILES string of the molecule is CSC1=C[C@@H]2O[C@@]1(C)[C@@H]1C(=O)C(c3c(C)cc(C)cc3C)=C(O)[C@H]21. The second-order valence-corrected chi connectivity index (χ2v) is 8.17. The predicted octanol–water partition coefficient (Wildman–Crippen LogP) is 4.11. The number of benzene rings is 1. The number of hydrogen-bond acceptors (Lipinski definition) is 4. The highest BCUT2D eigenvalue weighted by Gasteiger charge is 2.65. The first-order chi connectivity index (χ1) is 11.3. The number of fused-ring (bicyclic) bond motifs is 5. The van der Waals surface area contributed by atoms with Crippen molar-refractivity contribution in [3.05, 3.63) is 51.1 Å². The molecule has 0 spiro atoms. The fraction of sp³-hybridized carbons (Fsp3) is 0.450. The lowest BCUT2D eigenvalue weighted by Gasteiger charge is -2.29. The van der Waals surface area contributed by atoms with Crippen molar-refractivity contribution >= 4 is 23.1 Å². The van der Waals surface area contributed by atoms with Crippen molar-refractivity contribution in [3.63, 3.8) is 0 Å². The van der Waals surface area contributed by atoms with E-state index in [1.807, 2.05) is 34.0 Å². The molecule has 126 valence electrons. The van der Waals surface area contributed by atoms with Crippen LogP contribution in [0.3, 0.4) is 0 Å². The van der Waals surface area contributed by atoms with Gasteiger partial charge < -0.3 is 9.84 Å². The molecule has 0 radical (unpaired) electrons. The molecule has 24 heavy (non-hydrogen) atoms. The molecule has 1 saturated heterocycles. The van der Waals surface area contributed by atoms with E-state index in [4.69, 9.17) is 4.74 Å². The van der Waals surface area contributed by atoms with Crippen molar-refractivity contribution < 1.29 is 14.6 Å². The first kappa shape index (κ1) is 16.0. The molecule has 1 aromatic rings. The molecule has 2 heterocycles. The quantitative estimate of drug-likeness (QED) is 0.878. The van der Waals surface area contributed by atoms with Crippen molar-refractivity contribution in [2.75, 3.05) is 6.26 Å². The summed E-state index contributed by atoms with van der Waals surface area (Å²) in [7, 11) is 0. The van der Waals surface area contributed by atoms with E-state index >= 15 is 0 Å². The Morgan fingerprint density at radius 2 is 1.83 bits per heavy atom. The lowest BCUT2D eigenvalue weighted by Crippen LogP contribution is -2.38. The second kappa shape index (κ2) is 4.99. The molecule has 1 aliphatic carbocycles. The number of aliphatic hydroxyl groups is 1. The number of hydrogen-bond donors (Lipinski definition) is 1. The molecule has 1 aromatic carbocycles. The summed E-state index contributed by atoms with van der Waals surface area (Å²) in [4.78, 5) is 14.4. The summed E-state index contributed by atoms with van der Waals surface area (Å²) in [5.74, 6) is -0.319. The van der Waals surface area contributed by atoms with Gasteiger partial charge in [0.1, 0.15) is 11.4 Å². The standard InChI is InChI=1S/C20H22O3S/c1-9-6-10(2)14(11(3)7-9)16-18(21)15-12-8-13(24-5)20(4,23-12)17(15)19(16)22/h6-8,12,15,17,21H,1-5H3/t12-,15+,17-,20+/m0/s1. The summed E-state index contributed by atoms with van der Waals surface area (Å²) in [6.07, 6.45) is 3.89. The van der Waals surface area contributed by atoms with Crippen LogP contribution in [-0.2, 0) is 9.53 Å². The highest BCUT2D eigenvalue weighted by molar-refractivity contribution is 8.02. The number of aliphatic hydroxyl groups excluding tert-OH is 1. The molecule has 4 rings (SSSR count). The monoisotopic (exact) mass is 342 g/mol. The van der Waals surface area contributed by atoms with Crippen LogP contribution >= 0.6 is 11.8 Å². The van der Waals surface area contributed by atoms with Gasteiger partial charge in [0.2, 0.25) is 0 Å². The van der Waals surface area contributed by atoms with E-state index in [9.17, 15) is 9.90 Å². The van der Waals surface area contributed by atoms with Gasteiger partial charge in [0.05, 0.1) is 23.5 Å². The number of Topliss-reactive ketones (excluding diaryl/α,β-unsaturated/α-hetero) is 1. The first-order valence-electron chi connectivity index (χ1n) is 8.29. The van der Waals surface area contributed by atoms with E-state index in [0.29, 0.717) is 5.57 Å². The van der Waals surface area contributed by atoms with Crippen LogP contribution in [0.25, 0.3) is 5.57 Å². The Morgan fingerprint density at radius 1 is 1.21 bits per heavy atom. The molecule has 0 saturated carbocycles. The number of carbonyl (C=O) groups excluding carboxylic acids is 1. The molecule has 1 fully saturated rings. The molecule has 0 amide bonds. The first-order valence-corrected chi connectivity index (χ1v) is 9.51. The van der Waals surface area contributed by atoms with Crippen molar-refractivity contribution in [2.24, 2.45) is 11.8 Å². The molecule has 2 bridgehead atoms. The molecule has 3 nitrogen and oxygen atoms in total. The number of carbonyl (C=O) groups is 1. The molecular weight excluding hydrogens is 320 g/mol. The Morgan fingerprint density at radius 3 is 2.42 bits per heavy atom. The van der Waals surface area contributed by atoms with Crippen molar-refractivity contribution in [3.8, 4) is 0 Å². The average Bonchev–Trinajstić information content (AvgIpc) is 3.07. The number of allylic oxidation sites excluding steroid dienone is 1. The average molecular weight is 342 g/mol. The summed E-state index contributed by atoms with van der Waals surface area (Å²) in [5, 5.41) is 10.9. The maximum absolute atomic E-state index is 13.3.